The van der Waals surface area contributed by atoms with Gasteiger partial charge in [-0.05, 0) is 37.1 Å². The van der Waals surface area contributed by atoms with Crippen LogP contribution in [0, 0.1) is 12.3 Å². The first kappa shape index (κ1) is 17.2. The molecule has 0 radical (unpaired) electrons. The van der Waals surface area contributed by atoms with Crippen LogP contribution in [0.5, 0.6) is 0 Å². The molecule has 0 saturated heterocycles. The number of aromatic amines is 1. The van der Waals surface area contributed by atoms with Gasteiger partial charge in [0.1, 0.15) is 5.84 Å². The summed E-state index contributed by atoms with van der Waals surface area (Å²) in [6.07, 6.45) is 2.94. The number of amidine groups is 1. The summed E-state index contributed by atoms with van der Waals surface area (Å²) in [6, 6.07) is 14.3. The van der Waals surface area contributed by atoms with Gasteiger partial charge in [0, 0.05) is 41.9 Å². The Balaban J connectivity index is 1.75. The molecule has 0 spiro atoms. The van der Waals surface area contributed by atoms with Crippen molar-refractivity contribution in [3.63, 3.8) is 0 Å². The summed E-state index contributed by atoms with van der Waals surface area (Å²) in [5, 5.41) is 12.9. The van der Waals surface area contributed by atoms with Gasteiger partial charge in [0.15, 0.2) is 0 Å². The maximum Gasteiger partial charge on any atom is 0.129 e. The van der Waals surface area contributed by atoms with Crippen molar-refractivity contribution in [2.24, 2.45) is 0 Å². The number of H-pyrrole nitrogens is 1. The van der Waals surface area contributed by atoms with E-state index in [1.807, 2.05) is 43.1 Å². The lowest BCUT2D eigenvalue weighted by molar-refractivity contribution is 0.507. The second kappa shape index (κ2) is 7.49. The van der Waals surface area contributed by atoms with Crippen molar-refractivity contribution in [2.45, 2.75) is 13.3 Å². The van der Waals surface area contributed by atoms with Crippen LogP contribution in [-0.4, -0.2) is 34.8 Å². The zero-order valence-corrected chi connectivity index (χ0v) is 15.3. The van der Waals surface area contributed by atoms with E-state index in [2.05, 4.69) is 34.7 Å². The summed E-state index contributed by atoms with van der Waals surface area (Å²) in [5.74, 6) is 0.489. The van der Waals surface area contributed by atoms with E-state index in [0.29, 0.717) is 5.84 Å². The van der Waals surface area contributed by atoms with Gasteiger partial charge in [0.25, 0.3) is 0 Å². The van der Waals surface area contributed by atoms with Crippen molar-refractivity contribution >= 4 is 40.1 Å². The topological polar surface area (TPSA) is 54.9 Å². The van der Waals surface area contributed by atoms with Gasteiger partial charge >= 0.3 is 0 Å². The second-order valence-corrected chi connectivity index (χ2v) is 6.43. The molecule has 3 aromatic rings. The van der Waals surface area contributed by atoms with E-state index in [-0.39, 0.29) is 0 Å². The zero-order chi connectivity index (χ0) is 17.8. The predicted molar refractivity (Wildman–Crippen MR) is 110 cm³/mol. The van der Waals surface area contributed by atoms with Gasteiger partial charge in [0.2, 0.25) is 0 Å². The van der Waals surface area contributed by atoms with Crippen LogP contribution in [-0.2, 0) is 6.42 Å². The van der Waals surface area contributed by atoms with Gasteiger partial charge in [-0.15, -0.1) is 0 Å². The normalized spacial score (nSPS) is 10.6. The molecule has 0 aliphatic carbocycles. The first-order valence-corrected chi connectivity index (χ1v) is 8.73. The third kappa shape index (κ3) is 3.72. The number of hydrogen-bond donors (Lipinski definition) is 3. The fourth-order valence-electron chi connectivity index (χ4n) is 2.99. The molecular weight excluding hydrogens is 328 g/mol. The highest BCUT2D eigenvalue weighted by atomic mass is 32.1. The number of anilines is 1. The molecule has 3 rings (SSSR count). The molecule has 1 aromatic heterocycles. The number of aromatic nitrogens is 1. The predicted octanol–water partition coefficient (Wildman–Crippen LogP) is 4.35. The van der Waals surface area contributed by atoms with E-state index in [1.165, 1.54) is 16.4 Å². The number of hydrogen-bond acceptors (Lipinski definition) is 2. The highest BCUT2D eigenvalue weighted by molar-refractivity contribution is 7.79. The molecule has 0 aliphatic heterocycles. The molecule has 0 atom stereocenters. The maximum absolute atomic E-state index is 8.57. The molecule has 128 valence electrons. The van der Waals surface area contributed by atoms with Crippen molar-refractivity contribution in [2.75, 3.05) is 18.9 Å². The SMILES string of the molecule is Cc1ccc(NC=S)c(C(=N)N(C)CCc2c[nH]c3ccccc23)c1. The Morgan fingerprint density at radius 3 is 2.88 bits per heavy atom. The minimum absolute atomic E-state index is 0.489. The average molecular weight is 350 g/mol. The molecule has 0 amide bonds. The lowest BCUT2D eigenvalue weighted by Gasteiger charge is -2.22. The van der Waals surface area contributed by atoms with Crippen LogP contribution < -0.4 is 5.32 Å². The molecule has 4 nitrogen and oxygen atoms in total. The summed E-state index contributed by atoms with van der Waals surface area (Å²) in [4.78, 5) is 5.29. The number of nitrogens with one attached hydrogen (secondary N) is 3. The van der Waals surface area contributed by atoms with Gasteiger partial charge in [-0.3, -0.25) is 5.41 Å². The Hall–Kier alpha value is -2.66. The minimum Gasteiger partial charge on any atom is -0.361 e. The number of fused-ring (bicyclic) bond motifs is 1. The summed E-state index contributed by atoms with van der Waals surface area (Å²) >= 11 is 4.91. The molecule has 2 aromatic carbocycles. The first-order chi connectivity index (χ1) is 12.1. The Bertz CT molecular complexity index is 913. The van der Waals surface area contributed by atoms with E-state index < -0.39 is 0 Å². The summed E-state index contributed by atoms with van der Waals surface area (Å²) in [7, 11) is 1.96. The third-order valence-electron chi connectivity index (χ3n) is 4.42. The van der Waals surface area contributed by atoms with Crippen LogP contribution in [0.25, 0.3) is 10.9 Å². The largest absolute Gasteiger partial charge is 0.361 e. The van der Waals surface area contributed by atoms with E-state index in [0.717, 1.165) is 35.3 Å². The molecule has 5 heteroatoms. The van der Waals surface area contributed by atoms with Crippen molar-refractivity contribution < 1.29 is 0 Å². The summed E-state index contributed by atoms with van der Waals surface area (Å²) in [6.45, 7) is 2.80. The fraction of sp³-hybridized carbons (Fsp3) is 0.200. The molecule has 0 saturated carbocycles. The highest BCUT2D eigenvalue weighted by Crippen LogP contribution is 2.21. The molecule has 0 unspecified atom stereocenters. The molecule has 3 N–H and O–H groups in total. The average Bonchev–Trinajstić information content (AvgIpc) is 3.04. The Kier molecular flexibility index (Phi) is 5.14. The van der Waals surface area contributed by atoms with Crippen LogP contribution in [0.1, 0.15) is 16.7 Å². The molecule has 0 bridgehead atoms. The monoisotopic (exact) mass is 350 g/mol. The van der Waals surface area contributed by atoms with Crippen LogP contribution in [0.15, 0.2) is 48.7 Å². The molecule has 0 fully saturated rings. The number of likely N-dealkylation sites (N-methyl/N-ethyl adjacent to an activating group) is 1. The lowest BCUT2D eigenvalue weighted by Crippen LogP contribution is -2.29. The Labute approximate surface area is 153 Å². The van der Waals surface area contributed by atoms with Crippen molar-refractivity contribution in [3.05, 3.63) is 65.4 Å². The van der Waals surface area contributed by atoms with Crippen molar-refractivity contribution in [1.29, 1.82) is 5.41 Å². The van der Waals surface area contributed by atoms with Gasteiger partial charge in [-0.1, -0.05) is 42.0 Å². The third-order valence-corrected chi connectivity index (χ3v) is 4.54. The number of para-hydroxylation sites is 1. The van der Waals surface area contributed by atoms with Gasteiger partial charge in [0.05, 0.1) is 5.49 Å². The van der Waals surface area contributed by atoms with E-state index in [4.69, 9.17) is 17.6 Å². The van der Waals surface area contributed by atoms with Gasteiger partial charge in [-0.2, -0.15) is 0 Å². The molecule has 1 heterocycles. The molecule has 25 heavy (non-hydrogen) atoms. The Morgan fingerprint density at radius 2 is 2.08 bits per heavy atom. The van der Waals surface area contributed by atoms with E-state index >= 15 is 0 Å². The number of benzene rings is 2. The van der Waals surface area contributed by atoms with Crippen LogP contribution in [0.2, 0.25) is 0 Å². The zero-order valence-electron chi connectivity index (χ0n) is 14.5. The first-order valence-electron chi connectivity index (χ1n) is 8.26. The van der Waals surface area contributed by atoms with Crippen molar-refractivity contribution in [1.82, 2.24) is 9.88 Å². The maximum atomic E-state index is 8.57. The smallest absolute Gasteiger partial charge is 0.129 e. The number of thiocarbonyl (C=S) groups is 1. The fourth-order valence-corrected chi connectivity index (χ4v) is 3.11. The minimum atomic E-state index is 0.489. The summed E-state index contributed by atoms with van der Waals surface area (Å²) < 4.78 is 0. The van der Waals surface area contributed by atoms with E-state index in [9.17, 15) is 0 Å². The van der Waals surface area contributed by atoms with Crippen LogP contribution >= 0.6 is 12.2 Å². The quantitative estimate of drug-likeness (QED) is 0.352. The highest BCUT2D eigenvalue weighted by Gasteiger charge is 2.13. The second-order valence-electron chi connectivity index (χ2n) is 6.19. The standard InChI is InChI=1S/C20H22N4S/c1-14-7-8-19(23-13-25)17(11-14)20(21)24(2)10-9-15-12-22-18-6-4-3-5-16(15)18/h3-8,11-13,21-22H,9-10H2,1-2H3,(H,23,25). The number of nitrogens with zero attached hydrogens (tertiary/aromatic N) is 1. The number of aryl methyl sites for hydroxylation is 1. The lowest BCUT2D eigenvalue weighted by atomic mass is 10.1. The van der Waals surface area contributed by atoms with Crippen molar-refractivity contribution in [3.8, 4) is 0 Å². The van der Waals surface area contributed by atoms with Gasteiger partial charge in [-0.25, -0.2) is 0 Å². The van der Waals surface area contributed by atoms with Crippen LogP contribution in [0.4, 0.5) is 5.69 Å². The summed E-state index contributed by atoms with van der Waals surface area (Å²) in [5.41, 5.74) is 6.76. The van der Waals surface area contributed by atoms with Crippen LogP contribution in [0.3, 0.4) is 0 Å². The molecule has 0 aliphatic rings. The van der Waals surface area contributed by atoms with E-state index in [1.54, 1.807) is 0 Å². The Morgan fingerprint density at radius 1 is 1.28 bits per heavy atom. The number of rotatable bonds is 6. The molecular formula is C20H22N4S. The van der Waals surface area contributed by atoms with Gasteiger partial charge < -0.3 is 15.2 Å².